The van der Waals surface area contributed by atoms with E-state index < -0.39 is 0 Å². The Hall–Kier alpha value is -0.340. The summed E-state index contributed by atoms with van der Waals surface area (Å²) in [5.41, 5.74) is 2.55. The van der Waals surface area contributed by atoms with Gasteiger partial charge in [0.05, 0.1) is 12.7 Å². The number of hydrogen-bond donors (Lipinski definition) is 2. The van der Waals surface area contributed by atoms with Crippen LogP contribution in [0.2, 0.25) is 0 Å². The summed E-state index contributed by atoms with van der Waals surface area (Å²) in [5.74, 6) is 0.224. The summed E-state index contributed by atoms with van der Waals surface area (Å²) >= 11 is 0. The van der Waals surface area contributed by atoms with Gasteiger partial charge in [0.2, 0.25) is 0 Å². The normalized spacial score (nSPS) is 19.5. The fourth-order valence-corrected chi connectivity index (χ4v) is 3.15. The van der Waals surface area contributed by atoms with Crippen molar-refractivity contribution in [3.05, 3.63) is 11.1 Å². The van der Waals surface area contributed by atoms with Crippen molar-refractivity contribution in [1.29, 1.82) is 0 Å². The lowest BCUT2D eigenvalue weighted by Crippen LogP contribution is -2.07. The molecule has 0 fully saturated rings. The number of aliphatic hydroxyl groups excluding tert-OH is 2. The molecule has 1 rings (SSSR count). The zero-order chi connectivity index (χ0) is 14.8. The van der Waals surface area contributed by atoms with Crippen LogP contribution in [0.3, 0.4) is 0 Å². The van der Waals surface area contributed by atoms with Gasteiger partial charge >= 0.3 is 0 Å². The van der Waals surface area contributed by atoms with E-state index in [9.17, 15) is 10.2 Å². The van der Waals surface area contributed by atoms with E-state index in [1.54, 1.807) is 0 Å². The number of hydrogen-bond acceptors (Lipinski definition) is 2. The Kier molecular flexibility index (Phi) is 9.21. The summed E-state index contributed by atoms with van der Waals surface area (Å²) in [6.07, 6.45) is 12.9. The minimum atomic E-state index is -0.282. The molecule has 1 aliphatic carbocycles. The van der Waals surface area contributed by atoms with Crippen molar-refractivity contribution >= 4 is 0 Å². The highest BCUT2D eigenvalue weighted by Crippen LogP contribution is 2.45. The summed E-state index contributed by atoms with van der Waals surface area (Å²) in [7, 11) is 0. The van der Waals surface area contributed by atoms with Gasteiger partial charge in [-0.15, -0.1) is 0 Å². The average molecular weight is 282 g/mol. The molecule has 0 heterocycles. The Balaban J connectivity index is 2.22. The maximum absolute atomic E-state index is 10.3. The van der Waals surface area contributed by atoms with Crippen LogP contribution in [0, 0.1) is 5.92 Å². The van der Waals surface area contributed by atoms with Crippen LogP contribution in [0.5, 0.6) is 0 Å². The fourth-order valence-electron chi connectivity index (χ4n) is 3.15. The molecular formula is C18H34O2. The minimum absolute atomic E-state index is 0.200. The molecule has 20 heavy (non-hydrogen) atoms. The van der Waals surface area contributed by atoms with E-state index in [0.717, 1.165) is 19.3 Å². The van der Waals surface area contributed by atoms with E-state index >= 15 is 0 Å². The molecule has 0 aromatic rings. The molecule has 0 radical (unpaired) electrons. The fraction of sp³-hybridized carbons (Fsp3) is 0.889. The second-order valence-corrected chi connectivity index (χ2v) is 6.25. The van der Waals surface area contributed by atoms with Gasteiger partial charge in [0.25, 0.3) is 0 Å². The molecule has 0 amide bonds. The molecule has 1 aliphatic rings. The monoisotopic (exact) mass is 282 g/mol. The molecule has 118 valence electrons. The van der Waals surface area contributed by atoms with Gasteiger partial charge in [-0.05, 0) is 24.8 Å². The third kappa shape index (κ3) is 5.97. The molecule has 0 bridgehead atoms. The summed E-state index contributed by atoms with van der Waals surface area (Å²) in [5, 5.41) is 19.6. The Morgan fingerprint density at radius 1 is 0.900 bits per heavy atom. The lowest BCUT2D eigenvalue weighted by molar-refractivity contribution is 0.188. The van der Waals surface area contributed by atoms with Gasteiger partial charge in [0, 0.05) is 5.92 Å². The minimum Gasteiger partial charge on any atom is -0.395 e. The zero-order valence-corrected chi connectivity index (χ0v) is 13.5. The van der Waals surface area contributed by atoms with Crippen LogP contribution in [0.15, 0.2) is 11.1 Å². The standard InChI is InChI=1S/C18H34O2/c1-3-5-7-9-11-13-17(20)18-15(16(18)14-19)12-10-8-6-4-2/h16-17,19-20H,3-14H2,1-2H3. The molecular weight excluding hydrogens is 248 g/mol. The lowest BCUT2D eigenvalue weighted by Gasteiger charge is -2.07. The maximum Gasteiger partial charge on any atom is 0.0759 e. The number of rotatable bonds is 13. The van der Waals surface area contributed by atoms with Gasteiger partial charge in [-0.3, -0.25) is 0 Å². The summed E-state index contributed by atoms with van der Waals surface area (Å²) < 4.78 is 0. The first-order chi connectivity index (χ1) is 9.76. The smallest absolute Gasteiger partial charge is 0.0759 e. The highest BCUT2D eigenvalue weighted by molar-refractivity contribution is 5.43. The van der Waals surface area contributed by atoms with Crippen molar-refractivity contribution in [2.75, 3.05) is 6.61 Å². The molecule has 2 N–H and O–H groups in total. The van der Waals surface area contributed by atoms with Crippen molar-refractivity contribution in [2.45, 2.75) is 90.6 Å². The van der Waals surface area contributed by atoms with E-state index in [1.807, 2.05) is 0 Å². The van der Waals surface area contributed by atoms with Crippen LogP contribution < -0.4 is 0 Å². The quantitative estimate of drug-likeness (QED) is 0.383. The molecule has 2 atom stereocenters. The first kappa shape index (κ1) is 17.7. The molecule has 0 aromatic carbocycles. The number of unbranched alkanes of at least 4 members (excludes halogenated alkanes) is 7. The van der Waals surface area contributed by atoms with Crippen molar-refractivity contribution in [3.8, 4) is 0 Å². The Bertz CT molecular complexity index is 283. The highest BCUT2D eigenvalue weighted by atomic mass is 16.3. The molecule has 0 saturated heterocycles. The van der Waals surface area contributed by atoms with Crippen LogP contribution in [0.4, 0.5) is 0 Å². The van der Waals surface area contributed by atoms with Gasteiger partial charge in [0.15, 0.2) is 0 Å². The van der Waals surface area contributed by atoms with Crippen molar-refractivity contribution < 1.29 is 10.2 Å². The van der Waals surface area contributed by atoms with E-state index in [1.165, 1.54) is 62.5 Å². The highest BCUT2D eigenvalue weighted by Gasteiger charge is 2.38. The second-order valence-electron chi connectivity index (χ2n) is 6.25. The first-order valence-electron chi connectivity index (χ1n) is 8.77. The average Bonchev–Trinajstić information content (AvgIpc) is 3.16. The maximum atomic E-state index is 10.3. The van der Waals surface area contributed by atoms with E-state index in [0.29, 0.717) is 0 Å². The van der Waals surface area contributed by atoms with E-state index in [4.69, 9.17) is 0 Å². The molecule has 2 unspecified atom stereocenters. The van der Waals surface area contributed by atoms with Crippen molar-refractivity contribution in [1.82, 2.24) is 0 Å². The van der Waals surface area contributed by atoms with E-state index in [-0.39, 0.29) is 18.6 Å². The molecule has 2 heteroatoms. The Labute approximate surface area is 125 Å². The van der Waals surface area contributed by atoms with Crippen LogP contribution in [0.25, 0.3) is 0 Å². The molecule has 0 saturated carbocycles. The number of aliphatic hydroxyl groups is 2. The van der Waals surface area contributed by atoms with Gasteiger partial charge in [0.1, 0.15) is 0 Å². The lowest BCUT2D eigenvalue weighted by atomic mass is 10.1. The molecule has 0 aromatic heterocycles. The van der Waals surface area contributed by atoms with Gasteiger partial charge in [-0.1, -0.05) is 70.8 Å². The topological polar surface area (TPSA) is 40.5 Å². The summed E-state index contributed by atoms with van der Waals surface area (Å²) in [6.45, 7) is 4.65. The molecule has 0 aliphatic heterocycles. The second kappa shape index (κ2) is 10.4. The van der Waals surface area contributed by atoms with Gasteiger partial charge in [-0.2, -0.15) is 0 Å². The van der Waals surface area contributed by atoms with Crippen LogP contribution >= 0.6 is 0 Å². The summed E-state index contributed by atoms with van der Waals surface area (Å²) in [6, 6.07) is 0. The van der Waals surface area contributed by atoms with Gasteiger partial charge in [-0.25, -0.2) is 0 Å². The van der Waals surface area contributed by atoms with Crippen LogP contribution in [-0.2, 0) is 0 Å². The summed E-state index contributed by atoms with van der Waals surface area (Å²) in [4.78, 5) is 0. The van der Waals surface area contributed by atoms with Crippen LogP contribution in [-0.4, -0.2) is 22.9 Å². The predicted octanol–water partition coefficient (Wildman–Crippen LogP) is 4.60. The van der Waals surface area contributed by atoms with Gasteiger partial charge < -0.3 is 10.2 Å². The predicted molar refractivity (Wildman–Crippen MR) is 85.7 cm³/mol. The zero-order valence-electron chi connectivity index (χ0n) is 13.5. The Morgan fingerprint density at radius 2 is 1.50 bits per heavy atom. The molecule has 2 nitrogen and oxygen atoms in total. The first-order valence-corrected chi connectivity index (χ1v) is 8.77. The SMILES string of the molecule is CCCCCCCC(O)C1=C(CCCCCC)C1CO. The third-order valence-electron chi connectivity index (χ3n) is 4.51. The van der Waals surface area contributed by atoms with Crippen LogP contribution in [0.1, 0.15) is 84.5 Å². The van der Waals surface area contributed by atoms with Crippen molar-refractivity contribution in [3.63, 3.8) is 0 Å². The Morgan fingerprint density at radius 3 is 2.10 bits per heavy atom. The largest absolute Gasteiger partial charge is 0.395 e. The van der Waals surface area contributed by atoms with E-state index in [2.05, 4.69) is 13.8 Å². The molecule has 0 spiro atoms. The van der Waals surface area contributed by atoms with Crippen molar-refractivity contribution in [2.24, 2.45) is 5.92 Å². The third-order valence-corrected chi connectivity index (χ3v) is 4.51.